The van der Waals surface area contributed by atoms with E-state index in [0.717, 1.165) is 16.5 Å². The number of rotatable bonds is 4. The number of aryl methyl sites for hydroxylation is 2. The summed E-state index contributed by atoms with van der Waals surface area (Å²) in [6.45, 7) is 2.08. The van der Waals surface area contributed by atoms with Gasteiger partial charge in [0.2, 0.25) is 0 Å². The van der Waals surface area contributed by atoms with E-state index in [1.54, 1.807) is 11.3 Å². The molecule has 0 aliphatic rings. The number of halogens is 1. The number of carbonyl (C=O) groups excluding carboxylic acids is 1. The Morgan fingerprint density at radius 2 is 2.06 bits per heavy atom. The fourth-order valence-electron chi connectivity index (χ4n) is 1.75. The van der Waals surface area contributed by atoms with Gasteiger partial charge in [0.15, 0.2) is 5.78 Å². The second-order valence-electron chi connectivity index (χ2n) is 3.98. The molecule has 2 rings (SSSR count). The Morgan fingerprint density at radius 3 is 2.71 bits per heavy atom. The molecule has 1 heterocycles. The van der Waals surface area contributed by atoms with E-state index in [4.69, 9.17) is 0 Å². The highest BCUT2D eigenvalue weighted by Gasteiger charge is 2.11. The van der Waals surface area contributed by atoms with Crippen LogP contribution in [0.5, 0.6) is 0 Å². The summed E-state index contributed by atoms with van der Waals surface area (Å²) in [5.41, 5.74) is 3.32. The van der Waals surface area contributed by atoms with Crippen LogP contribution in [0.4, 0.5) is 0 Å². The van der Waals surface area contributed by atoms with Gasteiger partial charge in [0.25, 0.3) is 0 Å². The molecule has 0 unspecified atom stereocenters. The summed E-state index contributed by atoms with van der Waals surface area (Å²) in [4.78, 5) is 12.0. The van der Waals surface area contributed by atoms with Crippen molar-refractivity contribution < 1.29 is 4.79 Å². The molecule has 0 fully saturated rings. The van der Waals surface area contributed by atoms with Gasteiger partial charge in [-0.3, -0.25) is 4.79 Å². The summed E-state index contributed by atoms with van der Waals surface area (Å²) in [7, 11) is 0. The van der Waals surface area contributed by atoms with Gasteiger partial charge in [-0.2, -0.15) is 11.3 Å². The van der Waals surface area contributed by atoms with E-state index < -0.39 is 0 Å². The molecule has 0 atom stereocenters. The van der Waals surface area contributed by atoms with Crippen LogP contribution < -0.4 is 0 Å². The highest BCUT2D eigenvalue weighted by Crippen LogP contribution is 2.23. The largest absolute Gasteiger partial charge is 0.294 e. The van der Waals surface area contributed by atoms with Gasteiger partial charge >= 0.3 is 0 Å². The van der Waals surface area contributed by atoms with Crippen LogP contribution in [0.25, 0.3) is 0 Å². The maximum Gasteiger partial charge on any atom is 0.165 e. The van der Waals surface area contributed by atoms with Crippen LogP contribution in [-0.4, -0.2) is 5.78 Å². The SMILES string of the molecule is Cc1ccccc1CCC(=O)c1cscc1Br. The summed E-state index contributed by atoms with van der Waals surface area (Å²) in [5.74, 6) is 0.210. The first-order chi connectivity index (χ1) is 8.18. The number of hydrogen-bond acceptors (Lipinski definition) is 2. The lowest BCUT2D eigenvalue weighted by Gasteiger charge is -2.04. The lowest BCUT2D eigenvalue weighted by molar-refractivity contribution is 0.0982. The van der Waals surface area contributed by atoms with Gasteiger partial charge in [-0.25, -0.2) is 0 Å². The van der Waals surface area contributed by atoms with Crippen LogP contribution in [-0.2, 0) is 6.42 Å². The highest BCUT2D eigenvalue weighted by atomic mass is 79.9. The lowest BCUT2D eigenvalue weighted by atomic mass is 10.0. The van der Waals surface area contributed by atoms with E-state index in [1.807, 2.05) is 22.9 Å². The Labute approximate surface area is 114 Å². The van der Waals surface area contributed by atoms with Gasteiger partial charge in [-0.15, -0.1) is 0 Å². The average Bonchev–Trinajstić information content (AvgIpc) is 2.74. The second kappa shape index (κ2) is 5.61. The number of ketones is 1. The predicted octanol–water partition coefficient (Wildman–Crippen LogP) is 4.63. The van der Waals surface area contributed by atoms with Crippen molar-refractivity contribution in [1.82, 2.24) is 0 Å². The normalized spacial score (nSPS) is 10.5. The highest BCUT2D eigenvalue weighted by molar-refractivity contribution is 9.10. The molecule has 0 bridgehead atoms. The Balaban J connectivity index is 2.02. The summed E-state index contributed by atoms with van der Waals surface area (Å²) >= 11 is 4.95. The summed E-state index contributed by atoms with van der Waals surface area (Å²) in [6.07, 6.45) is 1.38. The van der Waals surface area contributed by atoms with Crippen molar-refractivity contribution >= 4 is 33.0 Å². The minimum Gasteiger partial charge on any atom is -0.294 e. The third kappa shape index (κ3) is 3.05. The van der Waals surface area contributed by atoms with Crippen LogP contribution in [0.15, 0.2) is 39.5 Å². The molecule has 0 radical (unpaired) electrons. The minimum atomic E-state index is 0.210. The molecule has 0 amide bonds. The average molecular weight is 309 g/mol. The second-order valence-corrected chi connectivity index (χ2v) is 5.58. The first-order valence-electron chi connectivity index (χ1n) is 5.48. The third-order valence-corrected chi connectivity index (χ3v) is 4.50. The molecular weight excluding hydrogens is 296 g/mol. The Hall–Kier alpha value is -0.930. The molecule has 0 N–H and O–H groups in total. The van der Waals surface area contributed by atoms with Crippen LogP contribution in [0.3, 0.4) is 0 Å². The molecule has 3 heteroatoms. The van der Waals surface area contributed by atoms with Crippen molar-refractivity contribution in [1.29, 1.82) is 0 Å². The van der Waals surface area contributed by atoms with Crippen molar-refractivity contribution in [3.05, 3.63) is 56.2 Å². The Bertz CT molecular complexity index is 531. The lowest BCUT2D eigenvalue weighted by Crippen LogP contribution is -2.01. The Kier molecular flexibility index (Phi) is 4.13. The standard InChI is InChI=1S/C14H13BrOS/c1-10-4-2-3-5-11(10)6-7-14(16)12-8-17-9-13(12)15/h2-5,8-9H,6-7H2,1H3. The van der Waals surface area contributed by atoms with Crippen molar-refractivity contribution in [3.8, 4) is 0 Å². The number of thiophene rings is 1. The fourth-order valence-corrected chi connectivity index (χ4v) is 3.27. The van der Waals surface area contributed by atoms with Gasteiger partial charge in [-0.05, 0) is 40.4 Å². The summed E-state index contributed by atoms with van der Waals surface area (Å²) in [5, 5.41) is 3.85. The van der Waals surface area contributed by atoms with Crippen molar-refractivity contribution in [3.63, 3.8) is 0 Å². The monoisotopic (exact) mass is 308 g/mol. The van der Waals surface area contributed by atoms with Crippen molar-refractivity contribution in [2.75, 3.05) is 0 Å². The molecule has 0 saturated heterocycles. The zero-order valence-corrected chi connectivity index (χ0v) is 12.0. The molecule has 0 spiro atoms. The number of carbonyl (C=O) groups is 1. The molecule has 2 aromatic rings. The molecule has 0 aliphatic heterocycles. The quantitative estimate of drug-likeness (QED) is 0.752. The molecular formula is C14H13BrOS. The topological polar surface area (TPSA) is 17.1 Å². The van der Waals surface area contributed by atoms with E-state index >= 15 is 0 Å². The fraction of sp³-hybridized carbons (Fsp3) is 0.214. The predicted molar refractivity (Wildman–Crippen MR) is 75.8 cm³/mol. The van der Waals surface area contributed by atoms with Crippen molar-refractivity contribution in [2.24, 2.45) is 0 Å². The zero-order valence-electron chi connectivity index (χ0n) is 9.57. The van der Waals surface area contributed by atoms with Crippen LogP contribution in [0.1, 0.15) is 27.9 Å². The van der Waals surface area contributed by atoms with Crippen LogP contribution in [0, 0.1) is 6.92 Å². The first kappa shape index (κ1) is 12.5. The van der Waals surface area contributed by atoms with Crippen LogP contribution in [0.2, 0.25) is 0 Å². The van der Waals surface area contributed by atoms with Crippen LogP contribution >= 0.6 is 27.3 Å². The van der Waals surface area contributed by atoms with Gasteiger partial charge < -0.3 is 0 Å². The van der Waals surface area contributed by atoms with E-state index in [0.29, 0.717) is 6.42 Å². The van der Waals surface area contributed by atoms with E-state index in [-0.39, 0.29) is 5.78 Å². The molecule has 1 aromatic heterocycles. The smallest absolute Gasteiger partial charge is 0.165 e. The summed E-state index contributed by atoms with van der Waals surface area (Å²) in [6, 6.07) is 8.22. The maximum absolute atomic E-state index is 12.0. The molecule has 1 aromatic carbocycles. The maximum atomic E-state index is 12.0. The van der Waals surface area contributed by atoms with Gasteiger partial charge in [-0.1, -0.05) is 24.3 Å². The summed E-state index contributed by atoms with van der Waals surface area (Å²) < 4.78 is 0.914. The van der Waals surface area contributed by atoms with Gasteiger partial charge in [0.1, 0.15) is 0 Å². The molecule has 17 heavy (non-hydrogen) atoms. The molecule has 1 nitrogen and oxygen atoms in total. The number of benzene rings is 1. The van der Waals surface area contributed by atoms with E-state index in [2.05, 4.69) is 35.0 Å². The van der Waals surface area contributed by atoms with Gasteiger partial charge in [0.05, 0.1) is 0 Å². The van der Waals surface area contributed by atoms with E-state index in [9.17, 15) is 4.79 Å². The molecule has 0 saturated carbocycles. The molecule has 0 aliphatic carbocycles. The molecule has 88 valence electrons. The minimum absolute atomic E-state index is 0.210. The van der Waals surface area contributed by atoms with Crippen molar-refractivity contribution in [2.45, 2.75) is 19.8 Å². The number of Topliss-reactive ketones (excluding diaryl/α,β-unsaturated/α-hetero) is 1. The van der Waals surface area contributed by atoms with Gasteiger partial charge in [0, 0.05) is 27.2 Å². The Morgan fingerprint density at radius 1 is 1.29 bits per heavy atom. The zero-order chi connectivity index (χ0) is 12.3. The van der Waals surface area contributed by atoms with E-state index in [1.165, 1.54) is 11.1 Å². The third-order valence-electron chi connectivity index (χ3n) is 2.80. The number of hydrogen-bond donors (Lipinski definition) is 0. The first-order valence-corrected chi connectivity index (χ1v) is 7.21.